The molecule has 0 fully saturated rings. The van der Waals surface area contributed by atoms with E-state index in [2.05, 4.69) is 9.97 Å². The van der Waals surface area contributed by atoms with Crippen LogP contribution in [0.25, 0.3) is 27.2 Å². The van der Waals surface area contributed by atoms with Gasteiger partial charge < -0.3 is 4.90 Å². The average molecular weight is 440 g/mol. The number of nitrogens with zero attached hydrogens (tertiary/aromatic N) is 5. The Labute approximate surface area is 189 Å². The minimum atomic E-state index is -0.120. The SMILES string of the molecule is Cc1nc(CN(C)C(=O)c2cn(-c3ccccc3)nc2-c2cccs2)nc2ccccc12. The van der Waals surface area contributed by atoms with Crippen LogP contribution in [0.5, 0.6) is 0 Å². The van der Waals surface area contributed by atoms with Crippen molar-refractivity contribution in [2.75, 3.05) is 7.05 Å². The molecule has 0 spiro atoms. The molecule has 0 saturated heterocycles. The van der Waals surface area contributed by atoms with Gasteiger partial charge in [-0.15, -0.1) is 11.3 Å². The number of rotatable bonds is 5. The monoisotopic (exact) mass is 439 g/mol. The third-order valence-electron chi connectivity index (χ3n) is 5.29. The molecule has 1 amide bonds. The lowest BCUT2D eigenvalue weighted by Gasteiger charge is -2.16. The van der Waals surface area contributed by atoms with Gasteiger partial charge in [-0.05, 0) is 36.6 Å². The molecule has 0 aliphatic rings. The largest absolute Gasteiger partial charge is 0.334 e. The van der Waals surface area contributed by atoms with Crippen molar-refractivity contribution in [1.82, 2.24) is 24.6 Å². The summed E-state index contributed by atoms with van der Waals surface area (Å²) in [5.41, 5.74) is 3.92. The molecule has 3 heterocycles. The second kappa shape index (κ2) is 8.36. The van der Waals surface area contributed by atoms with Crippen LogP contribution in [-0.2, 0) is 6.54 Å². The first kappa shape index (κ1) is 20.1. The zero-order chi connectivity index (χ0) is 22.1. The number of carbonyl (C=O) groups is 1. The maximum Gasteiger partial charge on any atom is 0.257 e. The molecule has 158 valence electrons. The van der Waals surface area contributed by atoms with Crippen LogP contribution in [0.4, 0.5) is 0 Å². The highest BCUT2D eigenvalue weighted by Crippen LogP contribution is 2.29. The summed E-state index contributed by atoms with van der Waals surface area (Å²) in [5, 5.41) is 7.75. The van der Waals surface area contributed by atoms with Crippen LogP contribution >= 0.6 is 11.3 Å². The summed E-state index contributed by atoms with van der Waals surface area (Å²) in [6.07, 6.45) is 1.80. The quantitative estimate of drug-likeness (QED) is 0.381. The molecule has 0 aliphatic carbocycles. The molecule has 0 radical (unpaired) electrons. The predicted molar refractivity (Wildman–Crippen MR) is 127 cm³/mol. The van der Waals surface area contributed by atoms with Crippen molar-refractivity contribution in [2.24, 2.45) is 0 Å². The lowest BCUT2D eigenvalue weighted by molar-refractivity contribution is 0.0782. The van der Waals surface area contributed by atoms with Gasteiger partial charge in [0.15, 0.2) is 0 Å². The molecule has 5 rings (SSSR count). The number of amides is 1. The second-order valence-corrected chi connectivity index (χ2v) is 8.50. The first-order valence-electron chi connectivity index (χ1n) is 10.3. The number of fused-ring (bicyclic) bond motifs is 1. The summed E-state index contributed by atoms with van der Waals surface area (Å²) in [6, 6.07) is 21.7. The van der Waals surface area contributed by atoms with Crippen molar-refractivity contribution in [2.45, 2.75) is 13.5 Å². The Morgan fingerprint density at radius 2 is 1.78 bits per heavy atom. The second-order valence-electron chi connectivity index (χ2n) is 7.55. The lowest BCUT2D eigenvalue weighted by Crippen LogP contribution is -2.27. The highest BCUT2D eigenvalue weighted by Gasteiger charge is 2.23. The summed E-state index contributed by atoms with van der Waals surface area (Å²) in [6.45, 7) is 2.28. The van der Waals surface area contributed by atoms with Crippen molar-refractivity contribution in [3.05, 3.63) is 95.4 Å². The van der Waals surface area contributed by atoms with Crippen molar-refractivity contribution < 1.29 is 4.79 Å². The maximum atomic E-state index is 13.5. The van der Waals surface area contributed by atoms with Crippen LogP contribution in [-0.4, -0.2) is 37.6 Å². The number of aryl methyl sites for hydroxylation is 1. The first-order valence-corrected chi connectivity index (χ1v) is 11.1. The van der Waals surface area contributed by atoms with Gasteiger partial charge in [-0.1, -0.05) is 42.5 Å². The zero-order valence-electron chi connectivity index (χ0n) is 17.8. The Balaban J connectivity index is 1.49. The molecule has 6 nitrogen and oxygen atoms in total. The Morgan fingerprint density at radius 3 is 2.56 bits per heavy atom. The number of para-hydroxylation sites is 2. The van der Waals surface area contributed by atoms with E-state index in [4.69, 9.17) is 5.10 Å². The Kier molecular flexibility index (Phi) is 5.25. The highest BCUT2D eigenvalue weighted by atomic mass is 32.1. The van der Waals surface area contributed by atoms with Gasteiger partial charge in [-0.2, -0.15) is 5.10 Å². The van der Waals surface area contributed by atoms with E-state index in [1.807, 2.05) is 79.0 Å². The van der Waals surface area contributed by atoms with E-state index in [1.54, 1.807) is 34.2 Å². The highest BCUT2D eigenvalue weighted by molar-refractivity contribution is 7.13. The number of carbonyl (C=O) groups excluding carboxylic acids is 1. The molecule has 0 saturated carbocycles. The topological polar surface area (TPSA) is 63.9 Å². The summed E-state index contributed by atoms with van der Waals surface area (Å²) >= 11 is 1.56. The third-order valence-corrected chi connectivity index (χ3v) is 6.16. The van der Waals surface area contributed by atoms with Crippen LogP contribution in [0.15, 0.2) is 78.3 Å². The van der Waals surface area contributed by atoms with Gasteiger partial charge in [0.2, 0.25) is 0 Å². The van der Waals surface area contributed by atoms with E-state index in [0.29, 0.717) is 23.6 Å². The summed E-state index contributed by atoms with van der Waals surface area (Å²) in [4.78, 5) is 25.4. The normalized spacial score (nSPS) is 11.1. The van der Waals surface area contributed by atoms with Crippen LogP contribution < -0.4 is 0 Å². The van der Waals surface area contributed by atoms with Gasteiger partial charge in [-0.25, -0.2) is 14.6 Å². The van der Waals surface area contributed by atoms with Crippen LogP contribution in [0.2, 0.25) is 0 Å². The van der Waals surface area contributed by atoms with E-state index in [0.717, 1.165) is 27.2 Å². The molecule has 3 aromatic heterocycles. The summed E-state index contributed by atoms with van der Waals surface area (Å²) in [5.74, 6) is 0.496. The summed E-state index contributed by atoms with van der Waals surface area (Å²) in [7, 11) is 1.77. The minimum absolute atomic E-state index is 0.120. The third kappa shape index (κ3) is 3.78. The Morgan fingerprint density at radius 1 is 1.00 bits per heavy atom. The molecule has 2 aromatic carbocycles. The fraction of sp³-hybridized carbons (Fsp3) is 0.120. The predicted octanol–water partition coefficient (Wildman–Crippen LogP) is 5.12. The molecular weight excluding hydrogens is 418 g/mol. The standard InChI is InChI=1S/C25H21N5OS/c1-17-19-11-6-7-12-21(19)27-23(26-17)16-29(2)25(31)20-15-30(18-9-4-3-5-10-18)28-24(20)22-13-8-14-32-22/h3-15H,16H2,1-2H3. The van der Waals surface area contributed by atoms with Crippen LogP contribution in [0, 0.1) is 6.92 Å². The lowest BCUT2D eigenvalue weighted by atomic mass is 10.2. The molecule has 0 aliphatic heterocycles. The molecule has 32 heavy (non-hydrogen) atoms. The molecule has 0 atom stereocenters. The van der Waals surface area contributed by atoms with Gasteiger partial charge in [0, 0.05) is 24.3 Å². The number of thiophene rings is 1. The number of hydrogen-bond acceptors (Lipinski definition) is 5. The van der Waals surface area contributed by atoms with Crippen molar-refractivity contribution in [3.63, 3.8) is 0 Å². The Hall–Kier alpha value is -3.84. The van der Waals surface area contributed by atoms with Crippen molar-refractivity contribution >= 4 is 28.1 Å². The van der Waals surface area contributed by atoms with E-state index in [9.17, 15) is 4.79 Å². The number of benzene rings is 2. The molecular formula is C25H21N5OS. The number of hydrogen-bond donors (Lipinski definition) is 0. The van der Waals surface area contributed by atoms with Gasteiger partial charge >= 0.3 is 0 Å². The molecule has 5 aromatic rings. The van der Waals surface area contributed by atoms with Gasteiger partial charge in [-0.3, -0.25) is 4.79 Å². The number of aromatic nitrogens is 4. The molecule has 7 heteroatoms. The van der Waals surface area contributed by atoms with Gasteiger partial charge in [0.1, 0.15) is 11.5 Å². The van der Waals surface area contributed by atoms with Crippen molar-refractivity contribution in [3.8, 4) is 16.3 Å². The zero-order valence-corrected chi connectivity index (χ0v) is 18.6. The van der Waals surface area contributed by atoms with E-state index >= 15 is 0 Å². The smallest absolute Gasteiger partial charge is 0.257 e. The fourth-order valence-electron chi connectivity index (χ4n) is 3.69. The van der Waals surface area contributed by atoms with E-state index < -0.39 is 0 Å². The fourth-order valence-corrected chi connectivity index (χ4v) is 4.42. The van der Waals surface area contributed by atoms with Crippen LogP contribution in [0.3, 0.4) is 0 Å². The molecule has 0 bridgehead atoms. The summed E-state index contributed by atoms with van der Waals surface area (Å²) < 4.78 is 1.76. The van der Waals surface area contributed by atoms with Gasteiger partial charge in [0.05, 0.1) is 28.2 Å². The van der Waals surface area contributed by atoms with Crippen molar-refractivity contribution in [1.29, 1.82) is 0 Å². The van der Waals surface area contributed by atoms with Crippen LogP contribution in [0.1, 0.15) is 21.9 Å². The molecule has 0 N–H and O–H groups in total. The maximum absolute atomic E-state index is 13.5. The minimum Gasteiger partial charge on any atom is -0.334 e. The van der Waals surface area contributed by atoms with Gasteiger partial charge in [0.25, 0.3) is 5.91 Å². The Bertz CT molecular complexity index is 1390. The molecule has 0 unspecified atom stereocenters. The van der Waals surface area contributed by atoms with E-state index in [-0.39, 0.29) is 5.91 Å². The van der Waals surface area contributed by atoms with E-state index in [1.165, 1.54) is 0 Å². The first-order chi connectivity index (χ1) is 15.6. The average Bonchev–Trinajstić information content (AvgIpc) is 3.49.